The molecule has 1 aromatic rings. The standard InChI is InChI=1S/C23H29N3O2/c1-3-15-4-6-16(7-5-15)22(27)25-19-9-14(2)8-18(10-19)23(28)26-20(13-24)11-17-12-21(17)26/h8-10,15-17,20-21H,3-7,11-12H2,1-2H3,(H,25,27)/t15?,16?,17-,20+,21+/m1/s1. The van der Waals surface area contributed by atoms with Gasteiger partial charge in [-0.3, -0.25) is 9.59 Å². The van der Waals surface area contributed by atoms with E-state index in [2.05, 4.69) is 18.3 Å². The zero-order chi connectivity index (χ0) is 19.8. The van der Waals surface area contributed by atoms with E-state index in [-0.39, 0.29) is 29.8 Å². The van der Waals surface area contributed by atoms with Gasteiger partial charge in [0.25, 0.3) is 5.91 Å². The first-order valence-corrected chi connectivity index (χ1v) is 10.6. The first-order chi connectivity index (χ1) is 13.5. The summed E-state index contributed by atoms with van der Waals surface area (Å²) in [5, 5.41) is 12.4. The van der Waals surface area contributed by atoms with E-state index >= 15 is 0 Å². The Labute approximate surface area is 167 Å². The van der Waals surface area contributed by atoms with Crippen molar-refractivity contribution in [3.8, 4) is 6.07 Å². The van der Waals surface area contributed by atoms with Crippen LogP contribution in [0.5, 0.6) is 0 Å². The molecule has 1 saturated heterocycles. The first kappa shape index (κ1) is 19.0. The summed E-state index contributed by atoms with van der Waals surface area (Å²) in [7, 11) is 0. The van der Waals surface area contributed by atoms with Gasteiger partial charge in [0.05, 0.1) is 6.07 Å². The molecule has 2 saturated carbocycles. The van der Waals surface area contributed by atoms with Crippen molar-refractivity contribution in [2.75, 3.05) is 5.32 Å². The molecule has 1 heterocycles. The predicted molar refractivity (Wildman–Crippen MR) is 108 cm³/mol. The highest BCUT2D eigenvalue weighted by Crippen LogP contribution is 2.48. The molecule has 1 aliphatic heterocycles. The topological polar surface area (TPSA) is 73.2 Å². The van der Waals surface area contributed by atoms with Gasteiger partial charge in [-0.2, -0.15) is 5.26 Å². The van der Waals surface area contributed by atoms with Crippen molar-refractivity contribution in [2.24, 2.45) is 17.8 Å². The number of benzene rings is 1. The van der Waals surface area contributed by atoms with Crippen molar-refractivity contribution in [1.29, 1.82) is 5.26 Å². The SMILES string of the molecule is CCC1CCC(C(=O)Nc2cc(C)cc(C(=O)N3[C@H](C#N)C[C@@H]4C[C@@H]43)c2)CC1. The number of fused-ring (bicyclic) bond motifs is 1. The molecule has 3 atom stereocenters. The van der Waals surface area contributed by atoms with Crippen LogP contribution in [0, 0.1) is 36.0 Å². The number of likely N-dealkylation sites (tertiary alicyclic amines) is 1. The first-order valence-electron chi connectivity index (χ1n) is 10.6. The maximum Gasteiger partial charge on any atom is 0.255 e. The van der Waals surface area contributed by atoms with Crippen LogP contribution in [0.25, 0.3) is 0 Å². The molecule has 3 aliphatic rings. The van der Waals surface area contributed by atoms with Gasteiger partial charge >= 0.3 is 0 Å². The fourth-order valence-electron chi connectivity index (χ4n) is 5.07. The lowest BCUT2D eigenvalue weighted by Crippen LogP contribution is -2.37. The van der Waals surface area contributed by atoms with Crippen LogP contribution in [0.4, 0.5) is 5.69 Å². The van der Waals surface area contributed by atoms with E-state index in [4.69, 9.17) is 0 Å². The van der Waals surface area contributed by atoms with Crippen LogP contribution in [0.3, 0.4) is 0 Å². The number of carbonyl (C=O) groups is 2. The van der Waals surface area contributed by atoms with Gasteiger partial charge in [0, 0.05) is 23.2 Å². The number of amides is 2. The summed E-state index contributed by atoms with van der Waals surface area (Å²) in [6, 6.07) is 7.73. The molecule has 148 valence electrons. The van der Waals surface area contributed by atoms with Gasteiger partial charge in [-0.1, -0.05) is 13.3 Å². The highest BCUT2D eigenvalue weighted by atomic mass is 16.2. The third-order valence-corrected chi connectivity index (χ3v) is 6.87. The molecular weight excluding hydrogens is 350 g/mol. The normalized spacial score (nSPS) is 31.0. The van der Waals surface area contributed by atoms with Crippen LogP contribution >= 0.6 is 0 Å². The van der Waals surface area contributed by atoms with E-state index in [0.717, 1.165) is 50.0 Å². The largest absolute Gasteiger partial charge is 0.326 e. The van der Waals surface area contributed by atoms with Crippen molar-refractivity contribution < 1.29 is 9.59 Å². The average molecular weight is 380 g/mol. The van der Waals surface area contributed by atoms with E-state index in [0.29, 0.717) is 17.2 Å². The second kappa shape index (κ2) is 7.58. The summed E-state index contributed by atoms with van der Waals surface area (Å²) in [6.07, 6.45) is 7.14. The molecule has 2 aliphatic carbocycles. The summed E-state index contributed by atoms with van der Waals surface area (Å²) in [5.74, 6) is 1.30. The molecule has 5 nitrogen and oxygen atoms in total. The highest BCUT2D eigenvalue weighted by Gasteiger charge is 2.54. The van der Waals surface area contributed by atoms with E-state index in [1.807, 2.05) is 19.1 Å². The fourth-order valence-corrected chi connectivity index (χ4v) is 5.07. The number of nitrogens with zero attached hydrogens (tertiary/aromatic N) is 2. The van der Waals surface area contributed by atoms with Crippen LogP contribution < -0.4 is 5.32 Å². The molecule has 4 rings (SSSR count). The van der Waals surface area contributed by atoms with E-state index in [1.165, 1.54) is 6.42 Å². The Balaban J connectivity index is 1.46. The zero-order valence-corrected chi connectivity index (χ0v) is 16.8. The lowest BCUT2D eigenvalue weighted by Gasteiger charge is -2.27. The minimum Gasteiger partial charge on any atom is -0.326 e. The van der Waals surface area contributed by atoms with Gasteiger partial charge in [0.2, 0.25) is 5.91 Å². The van der Waals surface area contributed by atoms with Crippen molar-refractivity contribution in [1.82, 2.24) is 4.90 Å². The van der Waals surface area contributed by atoms with Gasteiger partial charge in [-0.25, -0.2) is 0 Å². The van der Waals surface area contributed by atoms with Crippen molar-refractivity contribution in [2.45, 2.75) is 70.9 Å². The summed E-state index contributed by atoms with van der Waals surface area (Å²) < 4.78 is 0. The molecule has 5 heteroatoms. The second-order valence-corrected chi connectivity index (χ2v) is 8.86. The van der Waals surface area contributed by atoms with Crippen LogP contribution in [0.15, 0.2) is 18.2 Å². The summed E-state index contributed by atoms with van der Waals surface area (Å²) >= 11 is 0. The van der Waals surface area contributed by atoms with Crippen molar-refractivity contribution in [3.05, 3.63) is 29.3 Å². The van der Waals surface area contributed by atoms with Crippen LogP contribution in [-0.4, -0.2) is 28.8 Å². The van der Waals surface area contributed by atoms with Gasteiger partial charge in [-0.05, 0) is 81.0 Å². The highest BCUT2D eigenvalue weighted by molar-refractivity contribution is 5.98. The lowest BCUT2D eigenvalue weighted by atomic mass is 9.80. The summed E-state index contributed by atoms with van der Waals surface area (Å²) in [5.41, 5.74) is 2.19. The third-order valence-electron chi connectivity index (χ3n) is 6.87. The van der Waals surface area contributed by atoms with E-state index in [1.54, 1.807) is 11.0 Å². The Morgan fingerprint density at radius 1 is 1.18 bits per heavy atom. The molecule has 0 bridgehead atoms. The Hall–Kier alpha value is -2.35. The summed E-state index contributed by atoms with van der Waals surface area (Å²) in [6.45, 7) is 4.15. The number of hydrogen-bond donors (Lipinski definition) is 1. The van der Waals surface area contributed by atoms with Crippen LogP contribution in [0.1, 0.15) is 67.8 Å². The van der Waals surface area contributed by atoms with Crippen LogP contribution in [-0.2, 0) is 4.79 Å². The number of carbonyl (C=O) groups excluding carboxylic acids is 2. The molecular formula is C23H29N3O2. The maximum absolute atomic E-state index is 13.1. The molecule has 1 N–H and O–H groups in total. The van der Waals surface area contributed by atoms with E-state index < -0.39 is 0 Å². The zero-order valence-electron chi connectivity index (χ0n) is 16.8. The quantitative estimate of drug-likeness (QED) is 0.849. The average Bonchev–Trinajstić information content (AvgIpc) is 3.36. The van der Waals surface area contributed by atoms with Gasteiger partial charge in [-0.15, -0.1) is 0 Å². The Bertz CT molecular complexity index is 820. The Morgan fingerprint density at radius 3 is 2.61 bits per heavy atom. The Morgan fingerprint density at radius 2 is 1.93 bits per heavy atom. The van der Waals surface area contributed by atoms with Crippen LogP contribution in [0.2, 0.25) is 0 Å². The molecule has 1 aromatic carbocycles. The second-order valence-electron chi connectivity index (χ2n) is 8.86. The van der Waals surface area contributed by atoms with Crippen molar-refractivity contribution >= 4 is 17.5 Å². The molecule has 2 amide bonds. The van der Waals surface area contributed by atoms with Gasteiger partial charge < -0.3 is 10.2 Å². The fraction of sp³-hybridized carbons (Fsp3) is 0.609. The van der Waals surface area contributed by atoms with Crippen molar-refractivity contribution in [3.63, 3.8) is 0 Å². The summed E-state index contributed by atoms with van der Waals surface area (Å²) in [4.78, 5) is 27.6. The molecule has 0 radical (unpaired) electrons. The third kappa shape index (κ3) is 3.65. The number of aryl methyl sites for hydroxylation is 1. The number of piperidine rings is 1. The molecule has 28 heavy (non-hydrogen) atoms. The molecule has 3 fully saturated rings. The van der Waals surface area contributed by atoms with Gasteiger partial charge in [0.15, 0.2) is 0 Å². The Kier molecular flexibility index (Phi) is 5.14. The lowest BCUT2D eigenvalue weighted by molar-refractivity contribution is -0.121. The number of nitrogens with one attached hydrogen (secondary N) is 1. The van der Waals surface area contributed by atoms with Gasteiger partial charge in [0.1, 0.15) is 6.04 Å². The smallest absolute Gasteiger partial charge is 0.255 e. The monoisotopic (exact) mass is 379 g/mol. The maximum atomic E-state index is 13.1. The molecule has 0 aromatic heterocycles. The van der Waals surface area contributed by atoms with E-state index in [9.17, 15) is 14.9 Å². The minimum atomic E-state index is -0.316. The number of anilines is 1. The number of hydrogen-bond acceptors (Lipinski definition) is 3. The molecule has 0 spiro atoms. The predicted octanol–water partition coefficient (Wildman–Crippen LogP) is 4.28. The number of nitriles is 1. The number of rotatable bonds is 4. The minimum absolute atomic E-state index is 0.0660. The molecule has 0 unspecified atom stereocenters.